The molecule has 0 spiro atoms. The molecule has 0 radical (unpaired) electrons. The van der Waals surface area contributed by atoms with E-state index in [1.807, 2.05) is 0 Å². The first-order chi connectivity index (χ1) is 8.19. The fraction of sp³-hybridized carbons (Fsp3) is 0.429. The van der Waals surface area contributed by atoms with Gasteiger partial charge in [0, 0.05) is 0 Å². The average Bonchev–Trinajstić information content (AvgIpc) is 2.55. The van der Waals surface area contributed by atoms with Gasteiger partial charge >= 0.3 is 12.0 Å². The normalized spacial score (nSPS) is 11.3. The molecule has 1 rings (SSSR count). The zero-order chi connectivity index (χ0) is 13.9. The van der Waals surface area contributed by atoms with Crippen molar-refractivity contribution >= 4 is 27.7 Å². The second-order valence-electron chi connectivity index (χ2n) is 3.15. The number of aromatic nitrogens is 2. The molecule has 0 saturated heterocycles. The largest absolute Gasteiger partial charge is 0.405 e. The minimum Gasteiger partial charge on any atom is -0.358 e. The SMILES string of the molecule is O=C(Cn1cc(Br)c([N+](=O)[O-])n1)NCC(F)(F)F. The van der Waals surface area contributed by atoms with Crippen molar-refractivity contribution in [3.05, 3.63) is 20.8 Å². The van der Waals surface area contributed by atoms with Gasteiger partial charge in [-0.2, -0.15) is 17.9 Å². The van der Waals surface area contributed by atoms with Crippen LogP contribution in [-0.2, 0) is 11.3 Å². The van der Waals surface area contributed by atoms with Crippen molar-refractivity contribution in [2.45, 2.75) is 12.7 Å². The highest BCUT2D eigenvalue weighted by Gasteiger charge is 2.28. The fourth-order valence-electron chi connectivity index (χ4n) is 0.993. The first-order valence-electron chi connectivity index (χ1n) is 4.40. The molecule has 1 N–H and O–H groups in total. The van der Waals surface area contributed by atoms with Crippen molar-refractivity contribution in [3.8, 4) is 0 Å². The lowest BCUT2D eigenvalue weighted by Crippen LogP contribution is -2.35. The number of carbonyl (C=O) groups excluding carboxylic acids is 1. The summed E-state index contributed by atoms with van der Waals surface area (Å²) in [5.74, 6) is -1.46. The average molecular weight is 331 g/mol. The van der Waals surface area contributed by atoms with Gasteiger partial charge < -0.3 is 15.4 Å². The second-order valence-corrected chi connectivity index (χ2v) is 4.00. The van der Waals surface area contributed by atoms with Gasteiger partial charge in [0.25, 0.3) is 0 Å². The highest BCUT2D eigenvalue weighted by atomic mass is 79.9. The highest BCUT2D eigenvalue weighted by molar-refractivity contribution is 9.10. The number of rotatable bonds is 4. The van der Waals surface area contributed by atoms with Crippen LogP contribution in [-0.4, -0.2) is 33.3 Å². The zero-order valence-corrected chi connectivity index (χ0v) is 10.2. The molecule has 0 aromatic carbocycles. The van der Waals surface area contributed by atoms with Crippen LogP contribution in [0.1, 0.15) is 0 Å². The van der Waals surface area contributed by atoms with E-state index in [2.05, 4.69) is 21.0 Å². The lowest BCUT2D eigenvalue weighted by molar-refractivity contribution is -0.390. The summed E-state index contributed by atoms with van der Waals surface area (Å²) in [5, 5.41) is 15.5. The molecule has 1 aromatic heterocycles. The molecule has 1 heterocycles. The molecule has 0 bridgehead atoms. The maximum atomic E-state index is 11.8. The number of carbonyl (C=O) groups is 1. The standard InChI is InChI=1S/C7H6BrF3N4O3/c8-4-1-14(13-6(4)15(17)18)2-5(16)12-3-7(9,10)11/h1H,2-3H2,(H,12,16). The maximum Gasteiger partial charge on any atom is 0.405 e. The second kappa shape index (κ2) is 5.33. The van der Waals surface area contributed by atoms with Crippen LogP contribution >= 0.6 is 15.9 Å². The number of hydrogen-bond donors (Lipinski definition) is 1. The Bertz CT molecular complexity index is 473. The summed E-state index contributed by atoms with van der Waals surface area (Å²) in [6.07, 6.45) is -3.38. The molecule has 11 heteroatoms. The predicted octanol–water partition coefficient (Wildman–Crippen LogP) is 1.23. The number of amides is 1. The number of hydrogen-bond acceptors (Lipinski definition) is 4. The molecule has 1 aromatic rings. The Morgan fingerprint density at radius 1 is 1.61 bits per heavy atom. The molecule has 0 atom stereocenters. The van der Waals surface area contributed by atoms with E-state index in [9.17, 15) is 28.1 Å². The topological polar surface area (TPSA) is 90.1 Å². The van der Waals surface area contributed by atoms with Crippen molar-refractivity contribution in [1.82, 2.24) is 15.1 Å². The van der Waals surface area contributed by atoms with E-state index in [-0.39, 0.29) is 4.47 Å². The first-order valence-corrected chi connectivity index (χ1v) is 5.19. The van der Waals surface area contributed by atoms with Crippen LogP contribution < -0.4 is 5.32 Å². The summed E-state index contributed by atoms with van der Waals surface area (Å²) in [5.41, 5.74) is 0. The van der Waals surface area contributed by atoms with Gasteiger partial charge in [0.1, 0.15) is 17.6 Å². The van der Waals surface area contributed by atoms with Crippen molar-refractivity contribution in [3.63, 3.8) is 0 Å². The van der Waals surface area contributed by atoms with Gasteiger partial charge in [-0.3, -0.25) is 4.79 Å². The van der Waals surface area contributed by atoms with E-state index < -0.39 is 35.9 Å². The minimum atomic E-state index is -4.51. The van der Waals surface area contributed by atoms with Crippen molar-refractivity contribution in [2.24, 2.45) is 0 Å². The molecule has 0 aliphatic rings. The molecule has 7 nitrogen and oxygen atoms in total. The number of halogens is 4. The van der Waals surface area contributed by atoms with Crippen LogP contribution in [0.5, 0.6) is 0 Å². The van der Waals surface area contributed by atoms with Crippen molar-refractivity contribution in [2.75, 3.05) is 6.54 Å². The smallest absolute Gasteiger partial charge is 0.358 e. The maximum absolute atomic E-state index is 11.8. The molecule has 0 aliphatic carbocycles. The Morgan fingerprint density at radius 2 is 2.22 bits per heavy atom. The van der Waals surface area contributed by atoms with E-state index in [1.54, 1.807) is 5.32 Å². The molecule has 0 unspecified atom stereocenters. The minimum absolute atomic E-state index is 0.0381. The van der Waals surface area contributed by atoms with Gasteiger partial charge in [0.15, 0.2) is 0 Å². The molecule has 18 heavy (non-hydrogen) atoms. The number of nitrogens with zero attached hydrogens (tertiary/aromatic N) is 3. The Morgan fingerprint density at radius 3 is 2.67 bits per heavy atom. The lowest BCUT2D eigenvalue weighted by atomic mass is 10.5. The van der Waals surface area contributed by atoms with E-state index in [4.69, 9.17) is 0 Å². The molecule has 1 amide bonds. The zero-order valence-electron chi connectivity index (χ0n) is 8.57. The van der Waals surface area contributed by atoms with Crippen molar-refractivity contribution < 1.29 is 22.9 Å². The monoisotopic (exact) mass is 330 g/mol. The van der Waals surface area contributed by atoms with E-state index >= 15 is 0 Å². The summed E-state index contributed by atoms with van der Waals surface area (Å²) in [6.45, 7) is -2.00. The molecular weight excluding hydrogens is 325 g/mol. The third kappa shape index (κ3) is 4.31. The van der Waals surface area contributed by atoms with Crippen molar-refractivity contribution in [1.29, 1.82) is 0 Å². The quantitative estimate of drug-likeness (QED) is 0.664. The molecule has 0 saturated carbocycles. The summed E-state index contributed by atoms with van der Waals surface area (Å²) in [6, 6.07) is 0. The third-order valence-electron chi connectivity index (χ3n) is 1.66. The van der Waals surface area contributed by atoms with Gasteiger partial charge in [-0.15, -0.1) is 0 Å². The lowest BCUT2D eigenvalue weighted by Gasteiger charge is -2.06. The number of alkyl halides is 3. The third-order valence-corrected chi connectivity index (χ3v) is 2.22. The van der Waals surface area contributed by atoms with Gasteiger partial charge in [-0.05, 0) is 20.9 Å². The summed E-state index contributed by atoms with van der Waals surface area (Å²) < 4.78 is 36.3. The van der Waals surface area contributed by atoms with Crippen LogP contribution in [0.4, 0.5) is 19.0 Å². The van der Waals surface area contributed by atoms with Gasteiger partial charge in [0.05, 0.1) is 11.3 Å². The summed E-state index contributed by atoms with van der Waals surface area (Å²) in [4.78, 5) is 20.7. The fourth-order valence-corrected chi connectivity index (χ4v) is 1.45. The number of nitrogens with one attached hydrogen (secondary N) is 1. The molecule has 0 aliphatic heterocycles. The van der Waals surface area contributed by atoms with Gasteiger partial charge in [0.2, 0.25) is 5.91 Å². The van der Waals surface area contributed by atoms with E-state index in [1.165, 1.54) is 0 Å². The summed E-state index contributed by atoms with van der Waals surface area (Å²) in [7, 11) is 0. The van der Waals surface area contributed by atoms with Crippen LogP contribution in [0.3, 0.4) is 0 Å². The predicted molar refractivity (Wildman–Crippen MR) is 55.6 cm³/mol. The first kappa shape index (κ1) is 14.4. The van der Waals surface area contributed by atoms with E-state index in [0.29, 0.717) is 0 Å². The van der Waals surface area contributed by atoms with Crippen LogP contribution in [0, 0.1) is 10.1 Å². The number of nitro groups is 1. The van der Waals surface area contributed by atoms with E-state index in [0.717, 1.165) is 10.9 Å². The Kier molecular flexibility index (Phi) is 4.27. The Hall–Kier alpha value is -1.65. The molecular formula is C7H6BrF3N4O3. The van der Waals surface area contributed by atoms with Crippen LogP contribution in [0.25, 0.3) is 0 Å². The summed E-state index contributed by atoms with van der Waals surface area (Å²) >= 11 is 2.84. The van der Waals surface area contributed by atoms with Gasteiger partial charge in [-0.25, -0.2) is 0 Å². The molecule has 0 fully saturated rings. The molecule has 100 valence electrons. The Labute approximate surface area is 106 Å². The highest BCUT2D eigenvalue weighted by Crippen LogP contribution is 2.21. The van der Waals surface area contributed by atoms with Crippen LogP contribution in [0.15, 0.2) is 10.7 Å². The van der Waals surface area contributed by atoms with Crippen LogP contribution in [0.2, 0.25) is 0 Å². The van der Waals surface area contributed by atoms with Gasteiger partial charge in [-0.1, -0.05) is 0 Å². The Balaban J connectivity index is 2.60.